The lowest BCUT2D eigenvalue weighted by Gasteiger charge is -2.32. The molecule has 3 nitrogen and oxygen atoms in total. The zero-order valence-corrected chi connectivity index (χ0v) is 13.8. The molecule has 1 atom stereocenters. The van der Waals surface area contributed by atoms with Gasteiger partial charge >= 0.3 is 7.12 Å². The molecule has 0 amide bonds. The molecule has 1 saturated heterocycles. The van der Waals surface area contributed by atoms with Gasteiger partial charge in [-0.15, -0.1) is 0 Å². The Morgan fingerprint density at radius 3 is 2.24 bits per heavy atom. The molecule has 0 aliphatic carbocycles. The van der Waals surface area contributed by atoms with Crippen molar-refractivity contribution >= 4 is 12.6 Å². The molecule has 2 rings (SSSR count). The fourth-order valence-electron chi connectivity index (χ4n) is 2.48. The first kappa shape index (κ1) is 16.5. The molecule has 0 radical (unpaired) electrons. The molecule has 0 saturated carbocycles. The highest BCUT2D eigenvalue weighted by Crippen LogP contribution is 2.36. The number of likely N-dealkylation sites (N-methyl/N-ethyl adjacent to an activating group) is 1. The second-order valence-electron chi connectivity index (χ2n) is 6.83. The third kappa shape index (κ3) is 3.15. The Morgan fingerprint density at radius 2 is 1.76 bits per heavy atom. The number of benzene rings is 1. The maximum atomic E-state index is 14.3. The van der Waals surface area contributed by atoms with E-state index in [9.17, 15) is 4.39 Å². The van der Waals surface area contributed by atoms with Crippen LogP contribution in [0.2, 0.25) is 0 Å². The van der Waals surface area contributed by atoms with Gasteiger partial charge in [0.15, 0.2) is 0 Å². The van der Waals surface area contributed by atoms with Gasteiger partial charge in [-0.2, -0.15) is 0 Å². The van der Waals surface area contributed by atoms with Gasteiger partial charge in [0.05, 0.1) is 11.2 Å². The summed E-state index contributed by atoms with van der Waals surface area (Å²) in [5.41, 5.74) is 0.620. The van der Waals surface area contributed by atoms with E-state index in [2.05, 4.69) is 5.32 Å². The van der Waals surface area contributed by atoms with E-state index in [0.717, 1.165) is 12.0 Å². The Hall–Kier alpha value is -0.905. The average molecular weight is 293 g/mol. The Bertz CT molecular complexity index is 503. The molecule has 0 unspecified atom stereocenters. The highest BCUT2D eigenvalue weighted by molar-refractivity contribution is 6.62. The molecule has 0 aromatic heterocycles. The third-order valence-electron chi connectivity index (χ3n) is 4.59. The van der Waals surface area contributed by atoms with Crippen molar-refractivity contribution in [2.45, 2.75) is 51.7 Å². The van der Waals surface area contributed by atoms with Crippen LogP contribution in [0.4, 0.5) is 4.39 Å². The SMILES string of the molecule is CNC[C@H](C)c1ccc(B2OC(C)(C)C(C)(C)O2)cc1F. The third-order valence-corrected chi connectivity index (χ3v) is 4.59. The standard InChI is InChI=1S/C16H25BFNO2/c1-11(10-19-6)13-8-7-12(9-14(13)18)17-20-15(2,3)16(4,5)21-17/h7-9,11,19H,10H2,1-6H3/t11-/m0/s1. The van der Waals surface area contributed by atoms with Gasteiger partial charge in [0.25, 0.3) is 0 Å². The molecule has 1 aromatic carbocycles. The molecule has 0 bridgehead atoms. The predicted octanol–water partition coefficient (Wildman–Crippen LogP) is 2.45. The number of nitrogens with one attached hydrogen (secondary N) is 1. The van der Waals surface area contributed by atoms with E-state index in [1.807, 2.05) is 53.8 Å². The summed E-state index contributed by atoms with van der Waals surface area (Å²) in [7, 11) is 1.35. The second kappa shape index (κ2) is 5.71. The van der Waals surface area contributed by atoms with Crippen molar-refractivity contribution in [1.29, 1.82) is 0 Å². The topological polar surface area (TPSA) is 30.5 Å². The fraction of sp³-hybridized carbons (Fsp3) is 0.625. The quantitative estimate of drug-likeness (QED) is 0.865. The summed E-state index contributed by atoms with van der Waals surface area (Å²) >= 11 is 0. The molecule has 1 N–H and O–H groups in total. The highest BCUT2D eigenvalue weighted by atomic mass is 19.1. The van der Waals surface area contributed by atoms with E-state index < -0.39 is 18.3 Å². The van der Waals surface area contributed by atoms with E-state index in [1.54, 1.807) is 0 Å². The van der Waals surface area contributed by atoms with Crippen molar-refractivity contribution in [3.8, 4) is 0 Å². The maximum Gasteiger partial charge on any atom is 0.494 e. The van der Waals surface area contributed by atoms with E-state index in [0.29, 0.717) is 5.56 Å². The molecule has 1 aliphatic rings. The van der Waals surface area contributed by atoms with E-state index in [1.165, 1.54) is 6.07 Å². The van der Waals surface area contributed by atoms with Crippen molar-refractivity contribution in [1.82, 2.24) is 5.32 Å². The van der Waals surface area contributed by atoms with E-state index >= 15 is 0 Å². The van der Waals surface area contributed by atoms with Crippen LogP contribution in [0.15, 0.2) is 18.2 Å². The smallest absolute Gasteiger partial charge is 0.399 e. The van der Waals surface area contributed by atoms with Crippen LogP contribution in [0.5, 0.6) is 0 Å². The van der Waals surface area contributed by atoms with Gasteiger partial charge in [0.1, 0.15) is 5.82 Å². The van der Waals surface area contributed by atoms with Crippen LogP contribution in [-0.4, -0.2) is 31.9 Å². The van der Waals surface area contributed by atoms with Gasteiger partial charge in [0.2, 0.25) is 0 Å². The van der Waals surface area contributed by atoms with Crippen molar-refractivity contribution in [3.63, 3.8) is 0 Å². The van der Waals surface area contributed by atoms with Crippen LogP contribution >= 0.6 is 0 Å². The lowest BCUT2D eigenvalue weighted by Crippen LogP contribution is -2.41. The van der Waals surface area contributed by atoms with Crippen molar-refractivity contribution in [2.24, 2.45) is 0 Å². The predicted molar refractivity (Wildman–Crippen MR) is 84.5 cm³/mol. The molecule has 1 aliphatic heterocycles. The summed E-state index contributed by atoms with van der Waals surface area (Å²) in [6.45, 7) is 10.7. The lowest BCUT2D eigenvalue weighted by molar-refractivity contribution is 0.00578. The Kier molecular flexibility index (Phi) is 4.48. The summed E-state index contributed by atoms with van der Waals surface area (Å²) in [5.74, 6) is -0.0766. The fourth-order valence-corrected chi connectivity index (χ4v) is 2.48. The normalized spacial score (nSPS) is 21.6. The molecule has 116 valence electrons. The molecule has 1 fully saturated rings. The van der Waals surface area contributed by atoms with Crippen molar-refractivity contribution < 1.29 is 13.7 Å². The molecular weight excluding hydrogens is 268 g/mol. The van der Waals surface area contributed by atoms with Gasteiger partial charge < -0.3 is 14.6 Å². The Labute approximate surface area is 127 Å². The highest BCUT2D eigenvalue weighted by Gasteiger charge is 2.51. The van der Waals surface area contributed by atoms with Crippen molar-refractivity contribution in [3.05, 3.63) is 29.6 Å². The van der Waals surface area contributed by atoms with E-state index in [4.69, 9.17) is 9.31 Å². The monoisotopic (exact) mass is 293 g/mol. The van der Waals surface area contributed by atoms with Crippen LogP contribution in [0.3, 0.4) is 0 Å². The summed E-state index contributed by atoms with van der Waals surface area (Å²) < 4.78 is 26.2. The minimum absolute atomic E-state index is 0.127. The van der Waals surface area contributed by atoms with E-state index in [-0.39, 0.29) is 11.7 Å². The van der Waals surface area contributed by atoms with Crippen LogP contribution < -0.4 is 10.8 Å². The summed E-state index contributed by atoms with van der Waals surface area (Å²) in [6, 6.07) is 5.26. The zero-order valence-electron chi connectivity index (χ0n) is 13.8. The number of hydrogen-bond donors (Lipinski definition) is 1. The Balaban J connectivity index is 2.22. The zero-order chi connectivity index (χ0) is 15.8. The second-order valence-corrected chi connectivity index (χ2v) is 6.83. The molecule has 0 spiro atoms. The van der Waals surface area contributed by atoms with Gasteiger partial charge in [-0.25, -0.2) is 4.39 Å². The van der Waals surface area contributed by atoms with Crippen LogP contribution in [-0.2, 0) is 9.31 Å². The molecule has 1 heterocycles. The summed E-state index contributed by atoms with van der Waals surface area (Å²) in [6.07, 6.45) is 0. The first-order valence-corrected chi connectivity index (χ1v) is 7.47. The molecule has 5 heteroatoms. The molecular formula is C16H25BFNO2. The van der Waals surface area contributed by atoms with Crippen molar-refractivity contribution in [2.75, 3.05) is 13.6 Å². The first-order valence-electron chi connectivity index (χ1n) is 7.47. The number of halogens is 1. The lowest BCUT2D eigenvalue weighted by atomic mass is 9.78. The summed E-state index contributed by atoms with van der Waals surface area (Å²) in [4.78, 5) is 0. The number of rotatable bonds is 4. The van der Waals surface area contributed by atoms with Gasteiger partial charge in [-0.1, -0.05) is 19.1 Å². The minimum atomic E-state index is -0.516. The first-order chi connectivity index (χ1) is 9.68. The average Bonchev–Trinajstić information content (AvgIpc) is 2.58. The maximum absolute atomic E-state index is 14.3. The van der Waals surface area contributed by atoms with Gasteiger partial charge in [-0.3, -0.25) is 0 Å². The summed E-state index contributed by atoms with van der Waals surface area (Å²) in [5, 5.41) is 3.07. The minimum Gasteiger partial charge on any atom is -0.399 e. The Morgan fingerprint density at radius 1 is 1.19 bits per heavy atom. The molecule has 21 heavy (non-hydrogen) atoms. The van der Waals surface area contributed by atoms with Gasteiger partial charge in [0, 0.05) is 6.54 Å². The van der Waals surface area contributed by atoms with Crippen LogP contribution in [0.25, 0.3) is 0 Å². The van der Waals surface area contributed by atoms with Crippen LogP contribution in [0.1, 0.15) is 46.1 Å². The van der Waals surface area contributed by atoms with Gasteiger partial charge in [-0.05, 0) is 57.8 Å². The number of hydrogen-bond acceptors (Lipinski definition) is 3. The largest absolute Gasteiger partial charge is 0.494 e. The molecule has 1 aromatic rings. The van der Waals surface area contributed by atoms with Crippen LogP contribution in [0, 0.1) is 5.82 Å².